The fourth-order valence-corrected chi connectivity index (χ4v) is 0. The van der Waals surface area contributed by atoms with E-state index in [4.69, 9.17) is 14.1 Å². The maximum Gasteiger partial charge on any atom is 0.316 e. The van der Waals surface area contributed by atoms with Crippen molar-refractivity contribution in [1.82, 2.24) is 0 Å². The molecule has 0 spiro atoms. The molecule has 0 atom stereocenters. The van der Waals surface area contributed by atoms with Crippen molar-refractivity contribution in [2.45, 2.75) is 0 Å². The summed E-state index contributed by atoms with van der Waals surface area (Å²) in [6.45, 7) is 0. The number of rotatable bonds is 0. The van der Waals surface area contributed by atoms with E-state index in [1.54, 1.807) is 0 Å². The maximum atomic E-state index is 8.74. The summed E-state index contributed by atoms with van der Waals surface area (Å²) in [7, 11) is -3.13. The summed E-state index contributed by atoms with van der Waals surface area (Å²) in [6.07, 6.45) is 0. The zero-order valence-electron chi connectivity index (χ0n) is 1.80. The summed E-state index contributed by atoms with van der Waals surface area (Å²) >= 11 is 0. The van der Waals surface area contributed by atoms with Gasteiger partial charge in [0.05, 0.1) is 0 Å². The van der Waals surface area contributed by atoms with Gasteiger partial charge < -0.3 is 9.59 Å². The molecule has 3 nitrogen and oxygen atoms in total. The van der Waals surface area contributed by atoms with Crippen molar-refractivity contribution in [3.8, 4) is 0 Å². The average molecular weight is 112 g/mol. The third kappa shape index (κ3) is 82.1. The molecule has 0 heterocycles. The molecule has 6 heteroatoms. The van der Waals surface area contributed by atoms with Crippen molar-refractivity contribution >= 4 is 51.1 Å². The number of hydrogen-bond acceptors (Lipinski definition) is 1. The average Bonchev–Trinajstić information content (AvgIpc) is 0.811. The Morgan fingerprint density at radius 3 is 1.33 bits per heavy atom. The van der Waals surface area contributed by atoms with E-state index in [-0.39, 0.29) is 41.9 Å². The molecular formula is H5LiMgO3Si. The van der Waals surface area contributed by atoms with Crippen LogP contribution in [0.1, 0.15) is 0 Å². The molecule has 0 aliphatic carbocycles. The Balaban J connectivity index is -0.0000000450. The van der Waals surface area contributed by atoms with Crippen LogP contribution in [-0.4, -0.2) is 60.7 Å². The molecule has 0 amide bonds. The molecule has 0 unspecified atom stereocenters. The first kappa shape index (κ1) is 15.8. The van der Waals surface area contributed by atoms with Crippen molar-refractivity contribution in [2.75, 3.05) is 0 Å². The second kappa shape index (κ2) is 9.36. The van der Waals surface area contributed by atoms with E-state index < -0.39 is 9.17 Å². The molecule has 0 aromatic carbocycles. The molecular weight excluding hydrogens is 107 g/mol. The van der Waals surface area contributed by atoms with Crippen LogP contribution in [0.15, 0.2) is 0 Å². The van der Waals surface area contributed by atoms with Crippen LogP contribution in [0.4, 0.5) is 0 Å². The molecule has 30 valence electrons. The number of hydrogen-bond donors (Lipinski definition) is 2. The van der Waals surface area contributed by atoms with E-state index in [0.29, 0.717) is 0 Å². The SMILES string of the molecule is O=[Si](O)O.[LiH].[MgH2]. The van der Waals surface area contributed by atoms with E-state index >= 15 is 0 Å². The molecule has 0 aromatic rings. The second-order valence-corrected chi connectivity index (χ2v) is 0.848. The van der Waals surface area contributed by atoms with Crippen LogP contribution in [-0.2, 0) is 4.46 Å². The zero-order valence-corrected chi connectivity index (χ0v) is 2.80. The van der Waals surface area contributed by atoms with Crippen molar-refractivity contribution in [2.24, 2.45) is 0 Å². The fraction of sp³-hybridized carbons (Fsp3) is 0. The molecule has 0 rings (SSSR count). The molecule has 2 N–H and O–H groups in total. The molecule has 6 heavy (non-hydrogen) atoms. The van der Waals surface area contributed by atoms with Gasteiger partial charge in [-0.15, -0.1) is 0 Å². The Morgan fingerprint density at radius 1 is 1.33 bits per heavy atom. The summed E-state index contributed by atoms with van der Waals surface area (Å²) in [4.78, 5) is 14.3. The molecule has 0 aromatic heterocycles. The minimum atomic E-state index is -3.13. The molecule has 0 aliphatic heterocycles. The van der Waals surface area contributed by atoms with Crippen LogP contribution in [0.2, 0.25) is 0 Å². The summed E-state index contributed by atoms with van der Waals surface area (Å²) < 4.78 is 8.74. The van der Waals surface area contributed by atoms with Gasteiger partial charge in [-0.2, -0.15) is 0 Å². The van der Waals surface area contributed by atoms with Gasteiger partial charge in [0.1, 0.15) is 0 Å². The van der Waals surface area contributed by atoms with E-state index in [2.05, 4.69) is 0 Å². The predicted molar refractivity (Wildman–Crippen MR) is 26.6 cm³/mol. The predicted octanol–water partition coefficient (Wildman–Crippen LogP) is -3.18. The van der Waals surface area contributed by atoms with Gasteiger partial charge in [-0.3, -0.25) is 4.46 Å². The monoisotopic (exact) mass is 112 g/mol. The van der Waals surface area contributed by atoms with Crippen LogP contribution in [0.5, 0.6) is 0 Å². The molecule has 0 radical (unpaired) electrons. The minimum absolute atomic E-state index is 0. The van der Waals surface area contributed by atoms with E-state index in [1.807, 2.05) is 0 Å². The Bertz CT molecular complexity index is 33.8. The summed E-state index contributed by atoms with van der Waals surface area (Å²) in [5, 5.41) is 0. The topological polar surface area (TPSA) is 57.5 Å². The van der Waals surface area contributed by atoms with Gasteiger partial charge in [0.2, 0.25) is 0 Å². The Labute approximate surface area is 65.0 Å². The largest absolute Gasteiger partial charge is 0.316 e. The van der Waals surface area contributed by atoms with Crippen LogP contribution in [0.25, 0.3) is 0 Å². The van der Waals surface area contributed by atoms with Crippen LogP contribution in [0.3, 0.4) is 0 Å². The Kier molecular flexibility index (Phi) is 24.6. The molecule has 0 fully saturated rings. The van der Waals surface area contributed by atoms with Crippen molar-refractivity contribution in [3.63, 3.8) is 0 Å². The zero-order chi connectivity index (χ0) is 3.58. The molecule has 0 bridgehead atoms. The Hall–Kier alpha value is 0.981. The third-order valence-corrected chi connectivity index (χ3v) is 0. The first-order valence-corrected chi connectivity index (χ1v) is 1.95. The van der Waals surface area contributed by atoms with Crippen molar-refractivity contribution in [3.05, 3.63) is 0 Å². The van der Waals surface area contributed by atoms with E-state index in [0.717, 1.165) is 0 Å². The van der Waals surface area contributed by atoms with Crippen LogP contribution < -0.4 is 0 Å². The summed E-state index contributed by atoms with van der Waals surface area (Å²) in [6, 6.07) is 0. The summed E-state index contributed by atoms with van der Waals surface area (Å²) in [5.74, 6) is 0. The van der Waals surface area contributed by atoms with Crippen LogP contribution in [0, 0.1) is 0 Å². The normalized spacial score (nSPS) is 4.00. The van der Waals surface area contributed by atoms with E-state index in [9.17, 15) is 0 Å². The molecule has 0 saturated carbocycles. The van der Waals surface area contributed by atoms with Gasteiger partial charge >= 0.3 is 51.1 Å². The Morgan fingerprint density at radius 2 is 1.33 bits per heavy atom. The van der Waals surface area contributed by atoms with Gasteiger partial charge in [0.25, 0.3) is 0 Å². The van der Waals surface area contributed by atoms with Gasteiger partial charge in [-0.05, 0) is 0 Å². The molecule has 0 aliphatic rings. The third-order valence-electron chi connectivity index (χ3n) is 0. The molecule has 0 saturated heterocycles. The second-order valence-electron chi connectivity index (χ2n) is 0.283. The minimum Gasteiger partial charge on any atom is 0.316 e. The van der Waals surface area contributed by atoms with E-state index in [1.165, 1.54) is 0 Å². The van der Waals surface area contributed by atoms with Gasteiger partial charge in [0, 0.05) is 0 Å². The first-order valence-electron chi connectivity index (χ1n) is 0.651. The standard InChI is InChI=1S/Li.Mg.H2O3Si.3H/c;;1-4(2)3;;;/h;;1-2H;;;. The fourth-order valence-electron chi connectivity index (χ4n) is 0. The maximum absolute atomic E-state index is 8.74. The van der Waals surface area contributed by atoms with Gasteiger partial charge in [0.15, 0.2) is 0 Å². The van der Waals surface area contributed by atoms with Crippen molar-refractivity contribution < 1.29 is 14.1 Å². The quantitative estimate of drug-likeness (QED) is 0.325. The summed E-state index contributed by atoms with van der Waals surface area (Å²) in [5.41, 5.74) is 0. The van der Waals surface area contributed by atoms with Gasteiger partial charge in [-0.25, -0.2) is 0 Å². The van der Waals surface area contributed by atoms with Gasteiger partial charge in [-0.1, -0.05) is 0 Å². The van der Waals surface area contributed by atoms with Crippen LogP contribution >= 0.6 is 0 Å². The van der Waals surface area contributed by atoms with Crippen molar-refractivity contribution in [1.29, 1.82) is 0 Å². The first-order chi connectivity index (χ1) is 1.73. The smallest absolute Gasteiger partial charge is 0.316 e.